The Morgan fingerprint density at radius 3 is 2.62 bits per heavy atom. The SMILES string of the molecule is Cc1cc(Cl)cc2cc(C=O)c(=O)n(C)c12. The molecule has 0 bridgehead atoms. The highest BCUT2D eigenvalue weighted by molar-refractivity contribution is 6.31. The van der Waals surface area contributed by atoms with Crippen molar-refractivity contribution in [3.8, 4) is 0 Å². The molecular formula is C12H10ClNO2. The maximum absolute atomic E-state index is 11.7. The Balaban J connectivity index is 3.04. The Hall–Kier alpha value is -1.61. The second-order valence-corrected chi connectivity index (χ2v) is 4.18. The van der Waals surface area contributed by atoms with Crippen molar-refractivity contribution >= 4 is 28.8 Å². The lowest BCUT2D eigenvalue weighted by Crippen LogP contribution is -2.21. The predicted octanol–water partition coefficient (Wildman–Crippen LogP) is 2.31. The molecule has 0 fully saturated rings. The van der Waals surface area contributed by atoms with E-state index in [1.54, 1.807) is 25.2 Å². The first kappa shape index (κ1) is 10.9. The van der Waals surface area contributed by atoms with E-state index in [1.165, 1.54) is 4.57 Å². The van der Waals surface area contributed by atoms with Gasteiger partial charge in [0.1, 0.15) is 0 Å². The molecule has 82 valence electrons. The van der Waals surface area contributed by atoms with E-state index in [0.29, 0.717) is 11.3 Å². The number of pyridine rings is 1. The Morgan fingerprint density at radius 2 is 2.00 bits per heavy atom. The highest BCUT2D eigenvalue weighted by Crippen LogP contribution is 2.22. The minimum atomic E-state index is -0.284. The fourth-order valence-electron chi connectivity index (χ4n) is 1.94. The maximum atomic E-state index is 11.7. The third-order valence-corrected chi connectivity index (χ3v) is 2.84. The topological polar surface area (TPSA) is 39.1 Å². The normalized spacial score (nSPS) is 10.7. The quantitative estimate of drug-likeness (QED) is 0.712. The number of hydrogen-bond donors (Lipinski definition) is 0. The number of aromatic nitrogens is 1. The third-order valence-electron chi connectivity index (χ3n) is 2.62. The fourth-order valence-corrected chi connectivity index (χ4v) is 2.22. The van der Waals surface area contributed by atoms with Crippen LogP contribution in [0.25, 0.3) is 10.9 Å². The van der Waals surface area contributed by atoms with Crippen LogP contribution < -0.4 is 5.56 Å². The van der Waals surface area contributed by atoms with E-state index in [0.717, 1.165) is 16.5 Å². The van der Waals surface area contributed by atoms with Crippen LogP contribution in [-0.2, 0) is 7.05 Å². The van der Waals surface area contributed by atoms with E-state index in [2.05, 4.69) is 0 Å². The molecule has 16 heavy (non-hydrogen) atoms. The van der Waals surface area contributed by atoms with Gasteiger partial charge in [-0.1, -0.05) is 11.6 Å². The summed E-state index contributed by atoms with van der Waals surface area (Å²) in [5, 5.41) is 1.40. The van der Waals surface area contributed by atoms with Crippen LogP contribution in [0.3, 0.4) is 0 Å². The molecule has 0 aliphatic rings. The summed E-state index contributed by atoms with van der Waals surface area (Å²) in [5.74, 6) is 0. The number of benzene rings is 1. The number of carbonyl (C=O) groups excluding carboxylic acids is 1. The summed E-state index contributed by atoms with van der Waals surface area (Å²) in [6.45, 7) is 1.88. The molecule has 0 saturated heterocycles. The summed E-state index contributed by atoms with van der Waals surface area (Å²) in [6.07, 6.45) is 0.567. The lowest BCUT2D eigenvalue weighted by molar-refractivity contribution is 0.112. The van der Waals surface area contributed by atoms with Crippen LogP contribution in [0.1, 0.15) is 15.9 Å². The molecule has 0 saturated carbocycles. The van der Waals surface area contributed by atoms with Gasteiger partial charge < -0.3 is 4.57 Å². The van der Waals surface area contributed by atoms with Gasteiger partial charge >= 0.3 is 0 Å². The zero-order valence-electron chi connectivity index (χ0n) is 8.95. The Bertz CT molecular complexity index is 643. The summed E-state index contributed by atoms with van der Waals surface area (Å²) in [7, 11) is 1.65. The molecule has 2 aromatic rings. The number of hydrogen-bond acceptors (Lipinski definition) is 2. The summed E-state index contributed by atoms with van der Waals surface area (Å²) >= 11 is 5.94. The van der Waals surface area contributed by atoms with Gasteiger partial charge in [-0.15, -0.1) is 0 Å². The number of aryl methyl sites for hydroxylation is 2. The highest BCUT2D eigenvalue weighted by Gasteiger charge is 2.08. The van der Waals surface area contributed by atoms with Gasteiger partial charge in [0.15, 0.2) is 6.29 Å². The van der Waals surface area contributed by atoms with E-state index in [4.69, 9.17) is 11.6 Å². The monoisotopic (exact) mass is 235 g/mol. The van der Waals surface area contributed by atoms with Crippen LogP contribution in [0, 0.1) is 6.92 Å². The van der Waals surface area contributed by atoms with Gasteiger partial charge in [0.25, 0.3) is 5.56 Å². The van der Waals surface area contributed by atoms with Crippen LogP contribution in [-0.4, -0.2) is 10.9 Å². The van der Waals surface area contributed by atoms with Crippen LogP contribution in [0.5, 0.6) is 0 Å². The average Bonchev–Trinajstić information content (AvgIpc) is 2.22. The molecule has 1 aromatic carbocycles. The summed E-state index contributed by atoms with van der Waals surface area (Å²) in [4.78, 5) is 22.5. The fraction of sp³-hybridized carbons (Fsp3) is 0.167. The number of rotatable bonds is 1. The minimum Gasteiger partial charge on any atom is -0.310 e. The van der Waals surface area contributed by atoms with Gasteiger partial charge in [-0.3, -0.25) is 9.59 Å². The van der Waals surface area contributed by atoms with Gasteiger partial charge in [0.2, 0.25) is 0 Å². The molecule has 0 atom stereocenters. The minimum absolute atomic E-state index is 0.150. The third kappa shape index (κ3) is 1.53. The van der Waals surface area contributed by atoms with Gasteiger partial charge in [-0.2, -0.15) is 0 Å². The summed E-state index contributed by atoms with van der Waals surface area (Å²) in [5.41, 5.74) is 1.59. The van der Waals surface area contributed by atoms with Crippen molar-refractivity contribution in [2.45, 2.75) is 6.92 Å². The smallest absolute Gasteiger partial charge is 0.261 e. The second kappa shape index (κ2) is 3.76. The van der Waals surface area contributed by atoms with Gasteiger partial charge in [-0.25, -0.2) is 0 Å². The molecule has 1 heterocycles. The zero-order valence-corrected chi connectivity index (χ0v) is 9.71. The Kier molecular flexibility index (Phi) is 2.56. The Labute approximate surface area is 97.3 Å². The maximum Gasteiger partial charge on any atom is 0.261 e. The molecule has 0 aliphatic heterocycles. The van der Waals surface area contributed by atoms with Crippen LogP contribution in [0.4, 0.5) is 0 Å². The number of nitrogens with zero attached hydrogens (tertiary/aromatic N) is 1. The van der Waals surface area contributed by atoms with Crippen molar-refractivity contribution in [1.82, 2.24) is 4.57 Å². The standard InChI is InChI=1S/C12H10ClNO2/c1-7-3-10(13)5-8-4-9(6-15)12(16)14(2)11(7)8/h3-6H,1-2H3. The number of halogens is 1. The summed E-state index contributed by atoms with van der Waals surface area (Å²) < 4.78 is 1.48. The molecule has 0 amide bonds. The van der Waals surface area contributed by atoms with Crippen molar-refractivity contribution < 1.29 is 4.79 Å². The van der Waals surface area contributed by atoms with Crippen molar-refractivity contribution in [3.63, 3.8) is 0 Å². The first-order valence-corrected chi connectivity index (χ1v) is 5.17. The van der Waals surface area contributed by atoms with E-state index in [1.807, 2.05) is 6.92 Å². The van der Waals surface area contributed by atoms with Crippen LogP contribution >= 0.6 is 11.6 Å². The first-order valence-electron chi connectivity index (χ1n) is 4.79. The molecule has 0 unspecified atom stereocenters. The largest absolute Gasteiger partial charge is 0.310 e. The molecule has 0 radical (unpaired) electrons. The lowest BCUT2D eigenvalue weighted by Gasteiger charge is -2.09. The molecule has 0 spiro atoms. The lowest BCUT2D eigenvalue weighted by atomic mass is 10.1. The molecular weight excluding hydrogens is 226 g/mol. The van der Waals surface area contributed by atoms with Crippen molar-refractivity contribution in [3.05, 3.63) is 44.7 Å². The molecule has 0 aliphatic carbocycles. The van der Waals surface area contributed by atoms with E-state index < -0.39 is 0 Å². The number of fused-ring (bicyclic) bond motifs is 1. The number of aldehydes is 1. The second-order valence-electron chi connectivity index (χ2n) is 3.74. The van der Waals surface area contributed by atoms with Crippen LogP contribution in [0.15, 0.2) is 23.0 Å². The van der Waals surface area contributed by atoms with E-state index in [9.17, 15) is 9.59 Å². The van der Waals surface area contributed by atoms with Crippen LogP contribution in [0.2, 0.25) is 5.02 Å². The average molecular weight is 236 g/mol. The van der Waals surface area contributed by atoms with E-state index in [-0.39, 0.29) is 11.1 Å². The molecule has 0 N–H and O–H groups in total. The van der Waals surface area contributed by atoms with Gasteiger partial charge in [0.05, 0.1) is 11.1 Å². The molecule has 1 aromatic heterocycles. The zero-order chi connectivity index (χ0) is 11.9. The Morgan fingerprint density at radius 1 is 1.31 bits per heavy atom. The highest BCUT2D eigenvalue weighted by atomic mass is 35.5. The van der Waals surface area contributed by atoms with Gasteiger partial charge in [0, 0.05) is 17.5 Å². The predicted molar refractivity (Wildman–Crippen MR) is 64.3 cm³/mol. The molecule has 4 heteroatoms. The van der Waals surface area contributed by atoms with Crippen molar-refractivity contribution in [2.75, 3.05) is 0 Å². The van der Waals surface area contributed by atoms with E-state index >= 15 is 0 Å². The van der Waals surface area contributed by atoms with Gasteiger partial charge in [-0.05, 0) is 30.7 Å². The summed E-state index contributed by atoms with van der Waals surface area (Å²) in [6, 6.07) is 5.11. The molecule has 3 nitrogen and oxygen atoms in total. The van der Waals surface area contributed by atoms with Crippen molar-refractivity contribution in [1.29, 1.82) is 0 Å². The number of carbonyl (C=O) groups is 1. The first-order chi connectivity index (χ1) is 7.54. The van der Waals surface area contributed by atoms with Crippen molar-refractivity contribution in [2.24, 2.45) is 7.05 Å². The molecule has 2 rings (SSSR count).